The summed E-state index contributed by atoms with van der Waals surface area (Å²) in [6, 6.07) is 14.0. The summed E-state index contributed by atoms with van der Waals surface area (Å²) in [5, 5.41) is 12.0. The highest BCUT2D eigenvalue weighted by Crippen LogP contribution is 2.35. The lowest BCUT2D eigenvalue weighted by atomic mass is 9.74. The third-order valence-electron chi connectivity index (χ3n) is 2.86. The number of rotatable bonds is 2. The van der Waals surface area contributed by atoms with Gasteiger partial charge < -0.3 is 9.68 Å². The summed E-state index contributed by atoms with van der Waals surface area (Å²) in [6.07, 6.45) is 0. The van der Waals surface area contributed by atoms with Gasteiger partial charge in [-0.3, -0.25) is 0 Å². The summed E-state index contributed by atoms with van der Waals surface area (Å²) < 4.78 is 5.34. The van der Waals surface area contributed by atoms with Gasteiger partial charge in [0, 0.05) is 4.88 Å². The molecule has 4 heteroatoms. The lowest BCUT2D eigenvalue weighted by molar-refractivity contribution is 0.320. The Kier molecular flexibility index (Phi) is 2.85. The van der Waals surface area contributed by atoms with E-state index in [0.717, 1.165) is 16.6 Å². The molecule has 2 aromatic rings. The van der Waals surface area contributed by atoms with E-state index < -0.39 is 7.12 Å². The average Bonchev–Trinajstić information content (AvgIpc) is 2.98. The highest BCUT2D eigenvalue weighted by atomic mass is 32.1. The van der Waals surface area contributed by atoms with E-state index in [9.17, 15) is 5.02 Å². The third kappa shape index (κ3) is 1.95. The Bertz CT molecular complexity index is 534. The van der Waals surface area contributed by atoms with Crippen molar-refractivity contribution in [1.82, 2.24) is 0 Å². The Hall–Kier alpha value is -1.36. The van der Waals surface area contributed by atoms with Crippen LogP contribution >= 0.6 is 11.3 Å². The Balaban J connectivity index is 2.13. The lowest BCUT2D eigenvalue weighted by Gasteiger charge is -2.05. The number of hydrogen-bond acceptors (Lipinski definition) is 3. The largest absolute Gasteiger partial charge is 0.492 e. The molecule has 0 unspecified atom stereocenters. The molecule has 0 spiro atoms. The van der Waals surface area contributed by atoms with Gasteiger partial charge in [0.1, 0.15) is 0 Å². The molecule has 0 radical (unpaired) electrons. The summed E-state index contributed by atoms with van der Waals surface area (Å²) in [6.45, 7) is 0.478. The molecule has 0 bridgehead atoms. The van der Waals surface area contributed by atoms with Gasteiger partial charge in [0.05, 0.1) is 6.61 Å². The summed E-state index contributed by atoms with van der Waals surface area (Å²) in [7, 11) is -0.811. The van der Waals surface area contributed by atoms with Crippen molar-refractivity contribution < 1.29 is 9.68 Å². The van der Waals surface area contributed by atoms with E-state index in [2.05, 4.69) is 6.07 Å². The second kappa shape index (κ2) is 4.49. The molecule has 2 nitrogen and oxygen atoms in total. The first kappa shape index (κ1) is 10.8. The van der Waals surface area contributed by atoms with Crippen LogP contribution in [-0.4, -0.2) is 18.7 Å². The normalized spacial score (nSPS) is 15.7. The van der Waals surface area contributed by atoms with Crippen LogP contribution < -0.4 is 0 Å². The van der Waals surface area contributed by atoms with Gasteiger partial charge in [0.2, 0.25) is 0 Å². The lowest BCUT2D eigenvalue weighted by Crippen LogP contribution is -2.14. The minimum atomic E-state index is -0.811. The fourth-order valence-corrected chi connectivity index (χ4v) is 2.83. The van der Waals surface area contributed by atoms with Crippen LogP contribution in [0.5, 0.6) is 0 Å². The van der Waals surface area contributed by atoms with Crippen molar-refractivity contribution in [2.24, 2.45) is 0 Å². The molecule has 1 aromatic carbocycles. The predicted octanol–water partition coefficient (Wildman–Crippen LogP) is 2.71. The molecule has 2 heterocycles. The smallest absolute Gasteiger partial charge is 0.423 e. The van der Waals surface area contributed by atoms with Gasteiger partial charge in [-0.15, -0.1) is 11.3 Å². The maximum absolute atomic E-state index is 9.94. The summed E-state index contributed by atoms with van der Waals surface area (Å²) in [5.74, 6) is 0. The standard InChI is InChI=1S/C13H11BO2S/c15-14-13(10-5-2-1-3-6-10)11(9-16-14)12-7-4-8-17-12/h1-8,15H,9H2. The molecule has 1 N–H and O–H groups in total. The highest BCUT2D eigenvalue weighted by Gasteiger charge is 2.32. The van der Waals surface area contributed by atoms with Crippen LogP contribution in [0.1, 0.15) is 10.4 Å². The average molecular weight is 242 g/mol. The predicted molar refractivity (Wildman–Crippen MR) is 71.5 cm³/mol. The second-order valence-electron chi connectivity index (χ2n) is 3.90. The van der Waals surface area contributed by atoms with Crippen molar-refractivity contribution in [3.8, 4) is 0 Å². The zero-order valence-corrected chi connectivity index (χ0v) is 9.98. The fourth-order valence-electron chi connectivity index (χ4n) is 2.06. The van der Waals surface area contributed by atoms with E-state index in [-0.39, 0.29) is 0 Å². The van der Waals surface area contributed by atoms with Crippen LogP contribution in [0.15, 0.2) is 47.8 Å². The van der Waals surface area contributed by atoms with E-state index >= 15 is 0 Å². The second-order valence-corrected chi connectivity index (χ2v) is 4.85. The van der Waals surface area contributed by atoms with E-state index in [1.165, 1.54) is 4.88 Å². The van der Waals surface area contributed by atoms with Gasteiger partial charge in [-0.05, 0) is 28.1 Å². The molecule has 0 amide bonds. The Morgan fingerprint density at radius 2 is 1.94 bits per heavy atom. The Labute approximate surface area is 104 Å². The van der Waals surface area contributed by atoms with Gasteiger partial charge >= 0.3 is 7.12 Å². The van der Waals surface area contributed by atoms with Crippen LogP contribution in [0.4, 0.5) is 0 Å². The molecule has 1 aromatic heterocycles. The molecule has 17 heavy (non-hydrogen) atoms. The minimum absolute atomic E-state index is 0.478. The quantitative estimate of drug-likeness (QED) is 0.820. The van der Waals surface area contributed by atoms with Gasteiger partial charge in [0.25, 0.3) is 0 Å². The van der Waals surface area contributed by atoms with Crippen LogP contribution in [0.3, 0.4) is 0 Å². The van der Waals surface area contributed by atoms with E-state index in [0.29, 0.717) is 6.61 Å². The van der Waals surface area contributed by atoms with Crippen molar-refractivity contribution in [3.05, 3.63) is 58.3 Å². The van der Waals surface area contributed by atoms with E-state index in [1.54, 1.807) is 11.3 Å². The van der Waals surface area contributed by atoms with Gasteiger partial charge in [0.15, 0.2) is 0 Å². The SMILES string of the molecule is OB1OCC(c2cccs2)=C1c1ccccc1. The van der Waals surface area contributed by atoms with Crippen LogP contribution in [0.2, 0.25) is 0 Å². The first-order valence-electron chi connectivity index (χ1n) is 5.48. The topological polar surface area (TPSA) is 29.5 Å². The van der Waals surface area contributed by atoms with E-state index in [4.69, 9.17) is 4.65 Å². The van der Waals surface area contributed by atoms with Crippen molar-refractivity contribution in [3.63, 3.8) is 0 Å². The summed E-state index contributed by atoms with van der Waals surface area (Å²) >= 11 is 1.67. The van der Waals surface area contributed by atoms with Crippen molar-refractivity contribution in [1.29, 1.82) is 0 Å². The van der Waals surface area contributed by atoms with Crippen LogP contribution in [0, 0.1) is 0 Å². The molecule has 1 aliphatic rings. The molecule has 0 saturated heterocycles. The molecule has 3 rings (SSSR count). The molecule has 84 valence electrons. The maximum atomic E-state index is 9.94. The maximum Gasteiger partial charge on any atom is 0.492 e. The van der Waals surface area contributed by atoms with Crippen molar-refractivity contribution in [2.45, 2.75) is 0 Å². The van der Waals surface area contributed by atoms with Crippen molar-refractivity contribution in [2.75, 3.05) is 6.61 Å². The van der Waals surface area contributed by atoms with Crippen LogP contribution in [0.25, 0.3) is 11.0 Å². The number of thiophene rings is 1. The molecule has 1 aliphatic heterocycles. The summed E-state index contributed by atoms with van der Waals surface area (Å²) in [4.78, 5) is 1.17. The molecule has 0 aliphatic carbocycles. The van der Waals surface area contributed by atoms with Crippen molar-refractivity contribution >= 4 is 29.5 Å². The first-order valence-corrected chi connectivity index (χ1v) is 6.36. The van der Waals surface area contributed by atoms with Gasteiger partial charge in [-0.2, -0.15) is 0 Å². The monoisotopic (exact) mass is 242 g/mol. The molecular formula is C13H11BO2S. The number of hydrogen-bond donors (Lipinski definition) is 1. The van der Waals surface area contributed by atoms with Crippen LogP contribution in [-0.2, 0) is 4.65 Å². The molecular weight excluding hydrogens is 231 g/mol. The highest BCUT2D eigenvalue weighted by molar-refractivity contribution is 7.11. The Morgan fingerprint density at radius 1 is 1.12 bits per heavy atom. The molecule has 0 fully saturated rings. The molecule has 0 saturated carbocycles. The fraction of sp³-hybridized carbons (Fsp3) is 0.0769. The molecule has 0 atom stereocenters. The Morgan fingerprint density at radius 3 is 2.65 bits per heavy atom. The zero-order chi connectivity index (χ0) is 11.7. The third-order valence-corrected chi connectivity index (χ3v) is 3.79. The summed E-state index contributed by atoms with van der Waals surface area (Å²) in [5.41, 5.74) is 3.02. The van der Waals surface area contributed by atoms with E-state index in [1.807, 2.05) is 41.8 Å². The zero-order valence-electron chi connectivity index (χ0n) is 9.17. The first-order chi connectivity index (χ1) is 8.36. The number of benzene rings is 1. The van der Waals surface area contributed by atoms with Gasteiger partial charge in [-0.1, -0.05) is 36.4 Å². The van der Waals surface area contributed by atoms with Gasteiger partial charge in [-0.25, -0.2) is 0 Å². The minimum Gasteiger partial charge on any atom is -0.423 e.